The van der Waals surface area contributed by atoms with Crippen LogP contribution in [-0.2, 0) is 10.0 Å². The van der Waals surface area contributed by atoms with Crippen LogP contribution in [0.4, 0.5) is 5.69 Å². The highest BCUT2D eigenvalue weighted by atomic mass is 79.9. The van der Waals surface area contributed by atoms with E-state index in [1.54, 1.807) is 0 Å². The van der Waals surface area contributed by atoms with E-state index in [1.807, 2.05) is 0 Å². The Morgan fingerprint density at radius 3 is 2.71 bits per heavy atom. The molecule has 0 atom stereocenters. The van der Waals surface area contributed by atoms with E-state index in [-0.39, 0.29) is 15.1 Å². The molecule has 0 aromatic carbocycles. The van der Waals surface area contributed by atoms with Crippen LogP contribution in [0, 0.1) is 10.1 Å². The highest BCUT2D eigenvalue weighted by Crippen LogP contribution is 2.36. The van der Waals surface area contributed by atoms with Gasteiger partial charge in [-0.25, -0.2) is 13.1 Å². The first-order chi connectivity index (χ1) is 7.74. The Morgan fingerprint density at radius 1 is 1.71 bits per heavy atom. The van der Waals surface area contributed by atoms with Crippen molar-refractivity contribution < 1.29 is 13.3 Å². The fourth-order valence-electron chi connectivity index (χ4n) is 0.840. The van der Waals surface area contributed by atoms with E-state index in [0.29, 0.717) is 15.8 Å². The molecule has 0 bridgehead atoms. The van der Waals surface area contributed by atoms with E-state index in [9.17, 15) is 18.5 Å². The van der Waals surface area contributed by atoms with Crippen LogP contribution in [0.2, 0.25) is 4.34 Å². The molecular formula is C7H6BrClN2O4S2. The number of nitrogens with one attached hydrogen (secondary N) is 1. The minimum atomic E-state index is -3.80. The lowest BCUT2D eigenvalue weighted by atomic mass is 10.6. The zero-order valence-corrected chi connectivity index (χ0v) is 12.1. The molecular weight excluding hydrogens is 356 g/mol. The topological polar surface area (TPSA) is 89.3 Å². The highest BCUT2D eigenvalue weighted by Gasteiger charge is 2.24. The summed E-state index contributed by atoms with van der Waals surface area (Å²) in [5.74, 6) is 0. The van der Waals surface area contributed by atoms with Gasteiger partial charge < -0.3 is 0 Å². The lowest BCUT2D eigenvalue weighted by molar-refractivity contribution is -0.384. The summed E-state index contributed by atoms with van der Waals surface area (Å²) in [6, 6.07) is 0.923. The van der Waals surface area contributed by atoms with Crippen LogP contribution in [0.15, 0.2) is 21.3 Å². The molecule has 1 heterocycles. The van der Waals surface area contributed by atoms with E-state index in [0.717, 1.165) is 6.07 Å². The number of hydrogen-bond acceptors (Lipinski definition) is 5. The molecule has 0 aliphatic heterocycles. The third-order valence-electron chi connectivity index (χ3n) is 1.56. The predicted octanol–water partition coefficient (Wildman–Crippen LogP) is 2.50. The molecule has 0 radical (unpaired) electrons. The second kappa shape index (κ2) is 5.44. The maximum atomic E-state index is 11.7. The Balaban J connectivity index is 3.04. The van der Waals surface area contributed by atoms with Gasteiger partial charge in [0.1, 0.15) is 4.21 Å². The van der Waals surface area contributed by atoms with Crippen molar-refractivity contribution in [1.29, 1.82) is 0 Å². The highest BCUT2D eigenvalue weighted by molar-refractivity contribution is 9.11. The Kier molecular flexibility index (Phi) is 4.67. The predicted molar refractivity (Wildman–Crippen MR) is 69.2 cm³/mol. The van der Waals surface area contributed by atoms with Gasteiger partial charge >= 0.3 is 0 Å². The summed E-state index contributed by atoms with van der Waals surface area (Å²) in [4.78, 5) is 9.78. The first-order valence-electron chi connectivity index (χ1n) is 4.00. The second-order valence-corrected chi connectivity index (χ2v) is 7.59. The van der Waals surface area contributed by atoms with Crippen molar-refractivity contribution in [3.05, 3.63) is 31.6 Å². The molecule has 0 aliphatic carbocycles. The molecule has 0 saturated carbocycles. The first-order valence-corrected chi connectivity index (χ1v) is 7.48. The van der Waals surface area contributed by atoms with Gasteiger partial charge in [-0.05, 0) is 0 Å². The Labute approximate surface area is 115 Å². The van der Waals surface area contributed by atoms with E-state index >= 15 is 0 Å². The lowest BCUT2D eigenvalue weighted by Crippen LogP contribution is -2.23. The molecule has 0 aliphatic rings. The van der Waals surface area contributed by atoms with Crippen LogP contribution in [-0.4, -0.2) is 19.9 Å². The van der Waals surface area contributed by atoms with E-state index in [1.165, 1.54) is 0 Å². The molecule has 0 spiro atoms. The Hall–Kier alpha value is -0.480. The molecule has 0 unspecified atom stereocenters. The van der Waals surface area contributed by atoms with Crippen molar-refractivity contribution in [1.82, 2.24) is 4.72 Å². The molecule has 10 heteroatoms. The fraction of sp³-hybridized carbons (Fsp3) is 0.143. The number of nitrogens with zero attached hydrogens (tertiary/aromatic N) is 1. The average Bonchev–Trinajstić information content (AvgIpc) is 2.58. The van der Waals surface area contributed by atoms with E-state index < -0.39 is 20.6 Å². The number of sulfonamides is 1. The molecule has 94 valence electrons. The van der Waals surface area contributed by atoms with Gasteiger partial charge in [-0.3, -0.25) is 10.1 Å². The number of rotatable bonds is 5. The third kappa shape index (κ3) is 3.75. The largest absolute Gasteiger partial charge is 0.300 e. The molecule has 6 nitrogen and oxygen atoms in total. The van der Waals surface area contributed by atoms with Crippen LogP contribution in [0.3, 0.4) is 0 Å². The molecule has 17 heavy (non-hydrogen) atoms. The van der Waals surface area contributed by atoms with Crippen molar-refractivity contribution >= 4 is 54.6 Å². The summed E-state index contributed by atoms with van der Waals surface area (Å²) in [5.41, 5.74) is -0.422. The molecule has 1 N–H and O–H groups in total. The summed E-state index contributed by atoms with van der Waals surface area (Å²) < 4.78 is 25.6. The van der Waals surface area contributed by atoms with Gasteiger partial charge in [-0.1, -0.05) is 34.1 Å². The van der Waals surface area contributed by atoms with Crippen LogP contribution in [0.1, 0.15) is 0 Å². The van der Waals surface area contributed by atoms with Crippen molar-refractivity contribution in [2.75, 3.05) is 6.54 Å². The molecule has 0 saturated heterocycles. The number of halogens is 2. The third-order valence-corrected chi connectivity index (χ3v) is 5.05. The zero-order valence-electron chi connectivity index (χ0n) is 8.14. The summed E-state index contributed by atoms with van der Waals surface area (Å²) in [6.45, 7) is 3.45. The van der Waals surface area contributed by atoms with E-state index in [4.69, 9.17) is 11.6 Å². The van der Waals surface area contributed by atoms with Crippen molar-refractivity contribution in [2.24, 2.45) is 0 Å². The van der Waals surface area contributed by atoms with Crippen LogP contribution in [0.25, 0.3) is 0 Å². The normalized spacial score (nSPS) is 11.4. The summed E-state index contributed by atoms with van der Waals surface area (Å²) in [7, 11) is -3.80. The Bertz CT molecular complexity index is 568. The lowest BCUT2D eigenvalue weighted by Gasteiger charge is -2.01. The minimum Gasteiger partial charge on any atom is -0.258 e. The smallest absolute Gasteiger partial charge is 0.258 e. The molecule has 1 aromatic rings. The van der Waals surface area contributed by atoms with Crippen LogP contribution >= 0.6 is 38.9 Å². The second-order valence-electron chi connectivity index (χ2n) is 2.82. The van der Waals surface area contributed by atoms with E-state index in [2.05, 4.69) is 27.2 Å². The summed E-state index contributed by atoms with van der Waals surface area (Å²) in [5, 5.41) is 10.5. The quantitative estimate of drug-likeness (QED) is 0.644. The molecule has 1 rings (SSSR count). The summed E-state index contributed by atoms with van der Waals surface area (Å²) >= 11 is 9.19. The van der Waals surface area contributed by atoms with Gasteiger partial charge in [0.15, 0.2) is 4.34 Å². The maximum Gasteiger partial charge on any atom is 0.300 e. The van der Waals surface area contributed by atoms with Gasteiger partial charge in [0.25, 0.3) is 15.7 Å². The fourth-order valence-corrected chi connectivity index (χ4v) is 3.90. The van der Waals surface area contributed by atoms with Crippen molar-refractivity contribution in [3.8, 4) is 0 Å². The SMILES string of the molecule is C=C(Br)CNS(=O)(=O)c1cc([N+](=O)[O-])c(Cl)s1. The van der Waals surface area contributed by atoms with Gasteiger partial charge in [0, 0.05) is 17.1 Å². The van der Waals surface area contributed by atoms with Gasteiger partial charge in [-0.15, -0.1) is 11.3 Å². The van der Waals surface area contributed by atoms with Crippen LogP contribution < -0.4 is 4.72 Å². The first kappa shape index (κ1) is 14.6. The maximum absolute atomic E-state index is 11.7. The van der Waals surface area contributed by atoms with Gasteiger partial charge in [0.2, 0.25) is 0 Å². The number of thiophene rings is 1. The minimum absolute atomic E-state index is 0.00828. The summed E-state index contributed by atoms with van der Waals surface area (Å²) in [6.07, 6.45) is 0. The van der Waals surface area contributed by atoms with Gasteiger partial charge in [0.05, 0.1) is 4.92 Å². The number of nitro groups is 1. The molecule has 1 aromatic heterocycles. The molecule has 0 fully saturated rings. The molecule has 0 amide bonds. The average molecular weight is 362 g/mol. The van der Waals surface area contributed by atoms with Crippen molar-refractivity contribution in [2.45, 2.75) is 4.21 Å². The monoisotopic (exact) mass is 360 g/mol. The zero-order chi connectivity index (χ0) is 13.2. The van der Waals surface area contributed by atoms with Crippen molar-refractivity contribution in [3.63, 3.8) is 0 Å². The van der Waals surface area contributed by atoms with Gasteiger partial charge in [-0.2, -0.15) is 0 Å². The number of hydrogen-bond donors (Lipinski definition) is 1. The Morgan fingerprint density at radius 2 is 2.29 bits per heavy atom. The standard InChI is InChI=1S/C7H6BrClN2O4S2/c1-4(8)3-10-17(14,15)6-2-5(11(12)13)7(9)16-6/h2,10H,1,3H2. The van der Waals surface area contributed by atoms with Crippen LogP contribution in [0.5, 0.6) is 0 Å².